The van der Waals surface area contributed by atoms with Crippen molar-refractivity contribution < 1.29 is 16.8 Å². The Labute approximate surface area is 204 Å². The second-order valence-electron chi connectivity index (χ2n) is 8.16. The normalized spacial score (nSPS) is 15.4. The molecule has 9 nitrogen and oxygen atoms in total. The van der Waals surface area contributed by atoms with Crippen LogP contribution in [-0.4, -0.2) is 57.3 Å². The molecule has 0 amide bonds. The molecule has 0 atom stereocenters. The molecule has 1 saturated heterocycles. The maximum atomic E-state index is 13.1. The van der Waals surface area contributed by atoms with Crippen LogP contribution in [0.15, 0.2) is 88.7 Å². The van der Waals surface area contributed by atoms with Crippen LogP contribution < -0.4 is 10.0 Å². The minimum absolute atomic E-state index is 0.0252. The van der Waals surface area contributed by atoms with Gasteiger partial charge in [0.15, 0.2) is 5.82 Å². The average molecular weight is 510 g/mol. The molecular formula is C24H23N5O4S2. The number of aromatic nitrogens is 2. The van der Waals surface area contributed by atoms with E-state index in [1.54, 1.807) is 0 Å². The number of anilines is 1. The van der Waals surface area contributed by atoms with Crippen LogP contribution in [0.5, 0.6) is 0 Å². The number of hydrogen-bond acceptors (Lipinski definition) is 7. The van der Waals surface area contributed by atoms with Gasteiger partial charge in [-0.15, -0.1) is 0 Å². The van der Waals surface area contributed by atoms with Crippen molar-refractivity contribution in [1.82, 2.24) is 14.3 Å². The summed E-state index contributed by atoms with van der Waals surface area (Å²) in [5.41, 5.74) is 1.73. The van der Waals surface area contributed by atoms with Gasteiger partial charge in [0.05, 0.1) is 15.3 Å². The Morgan fingerprint density at radius 2 is 1.29 bits per heavy atom. The molecule has 0 spiro atoms. The molecule has 1 aliphatic rings. The Morgan fingerprint density at radius 3 is 1.94 bits per heavy atom. The molecule has 0 radical (unpaired) electrons. The van der Waals surface area contributed by atoms with Gasteiger partial charge < -0.3 is 4.90 Å². The average Bonchev–Trinajstić information content (AvgIpc) is 2.88. The lowest BCUT2D eigenvalue weighted by Crippen LogP contribution is -2.49. The van der Waals surface area contributed by atoms with E-state index in [-0.39, 0.29) is 22.9 Å². The molecule has 11 heteroatoms. The van der Waals surface area contributed by atoms with Crippen molar-refractivity contribution in [2.24, 2.45) is 5.14 Å². The Morgan fingerprint density at radius 1 is 0.686 bits per heavy atom. The van der Waals surface area contributed by atoms with Crippen LogP contribution in [0.2, 0.25) is 0 Å². The van der Waals surface area contributed by atoms with Gasteiger partial charge in [-0.1, -0.05) is 42.5 Å². The first-order valence-electron chi connectivity index (χ1n) is 10.9. The van der Waals surface area contributed by atoms with Crippen molar-refractivity contribution in [2.45, 2.75) is 9.79 Å². The first-order chi connectivity index (χ1) is 16.7. The van der Waals surface area contributed by atoms with Crippen molar-refractivity contribution in [3.8, 4) is 11.4 Å². The molecular weight excluding hydrogens is 486 g/mol. The van der Waals surface area contributed by atoms with E-state index in [0.29, 0.717) is 18.9 Å². The maximum Gasteiger partial charge on any atom is 0.243 e. The molecule has 1 aliphatic heterocycles. The number of benzene rings is 3. The molecule has 2 N–H and O–H groups in total. The zero-order chi connectivity index (χ0) is 24.6. The Hall–Kier alpha value is -3.38. The summed E-state index contributed by atoms with van der Waals surface area (Å²) in [4.78, 5) is 11.5. The van der Waals surface area contributed by atoms with Crippen molar-refractivity contribution in [3.63, 3.8) is 0 Å². The molecule has 0 unspecified atom stereocenters. The SMILES string of the molecule is NS(=O)(=O)c1ccc(S(=O)(=O)N2CCN(c3nc(-c4ccccc4)nc4ccccc34)CC2)cc1. The number of rotatable bonds is 5. The lowest BCUT2D eigenvalue weighted by molar-refractivity contribution is 0.384. The van der Waals surface area contributed by atoms with Gasteiger partial charge in [-0.2, -0.15) is 4.31 Å². The molecule has 0 saturated carbocycles. The van der Waals surface area contributed by atoms with Crippen molar-refractivity contribution in [2.75, 3.05) is 31.1 Å². The molecule has 180 valence electrons. The predicted octanol–water partition coefficient (Wildman–Crippen LogP) is 2.46. The highest BCUT2D eigenvalue weighted by Crippen LogP contribution is 2.29. The van der Waals surface area contributed by atoms with Crippen LogP contribution in [0.25, 0.3) is 22.3 Å². The molecule has 0 bridgehead atoms. The Kier molecular flexibility index (Phi) is 6.01. The van der Waals surface area contributed by atoms with Gasteiger partial charge in [0.1, 0.15) is 5.82 Å². The van der Waals surface area contributed by atoms with Crippen molar-refractivity contribution in [3.05, 3.63) is 78.9 Å². The van der Waals surface area contributed by atoms with Gasteiger partial charge >= 0.3 is 0 Å². The maximum absolute atomic E-state index is 13.1. The minimum Gasteiger partial charge on any atom is -0.353 e. The molecule has 2 heterocycles. The number of para-hydroxylation sites is 1. The summed E-state index contributed by atoms with van der Waals surface area (Å²) in [5, 5.41) is 6.02. The summed E-state index contributed by atoms with van der Waals surface area (Å²) in [7, 11) is -7.68. The topological polar surface area (TPSA) is 127 Å². The van der Waals surface area contributed by atoms with E-state index in [1.165, 1.54) is 28.6 Å². The molecule has 4 aromatic rings. The second kappa shape index (κ2) is 9.00. The number of piperazine rings is 1. The van der Waals surface area contributed by atoms with E-state index in [9.17, 15) is 16.8 Å². The Balaban J connectivity index is 1.41. The van der Waals surface area contributed by atoms with E-state index in [4.69, 9.17) is 15.1 Å². The number of sulfonamides is 2. The lowest BCUT2D eigenvalue weighted by atomic mass is 10.1. The zero-order valence-corrected chi connectivity index (χ0v) is 20.3. The molecule has 1 fully saturated rings. The lowest BCUT2D eigenvalue weighted by Gasteiger charge is -2.35. The molecule has 5 rings (SSSR count). The smallest absolute Gasteiger partial charge is 0.243 e. The summed E-state index contributed by atoms with van der Waals surface area (Å²) in [5.74, 6) is 1.38. The number of primary sulfonamides is 1. The quantitative estimate of drug-likeness (QED) is 0.438. The first-order valence-corrected chi connectivity index (χ1v) is 13.9. The zero-order valence-electron chi connectivity index (χ0n) is 18.6. The van der Waals surface area contributed by atoms with Crippen LogP contribution in [0.4, 0.5) is 5.82 Å². The third kappa shape index (κ3) is 4.63. The fraction of sp³-hybridized carbons (Fsp3) is 0.167. The van der Waals surface area contributed by atoms with Crippen LogP contribution in [-0.2, 0) is 20.0 Å². The van der Waals surface area contributed by atoms with Gasteiger partial charge in [0, 0.05) is 37.1 Å². The van der Waals surface area contributed by atoms with Gasteiger partial charge in [-0.05, 0) is 36.4 Å². The third-order valence-corrected chi connectivity index (χ3v) is 8.79. The van der Waals surface area contributed by atoms with E-state index in [2.05, 4.69) is 4.90 Å². The van der Waals surface area contributed by atoms with Crippen molar-refractivity contribution >= 4 is 36.8 Å². The van der Waals surface area contributed by atoms with Gasteiger partial charge in [-0.3, -0.25) is 0 Å². The fourth-order valence-corrected chi connectivity index (χ4v) is 6.05. The third-order valence-electron chi connectivity index (χ3n) is 5.94. The monoisotopic (exact) mass is 509 g/mol. The molecule has 35 heavy (non-hydrogen) atoms. The van der Waals surface area contributed by atoms with Gasteiger partial charge in [0.2, 0.25) is 20.0 Å². The Bertz CT molecular complexity index is 1580. The van der Waals surface area contributed by atoms with E-state index in [0.717, 1.165) is 22.3 Å². The van der Waals surface area contributed by atoms with Crippen molar-refractivity contribution in [1.29, 1.82) is 0 Å². The number of nitrogens with zero attached hydrogens (tertiary/aromatic N) is 4. The highest BCUT2D eigenvalue weighted by molar-refractivity contribution is 7.89. The number of nitrogens with two attached hydrogens (primary N) is 1. The number of fused-ring (bicyclic) bond motifs is 1. The standard InChI is InChI=1S/C24H23N5O4S2/c25-34(30,31)19-10-12-20(13-11-19)35(32,33)29-16-14-28(15-17-29)24-21-8-4-5-9-22(21)26-23(27-24)18-6-2-1-3-7-18/h1-13H,14-17H2,(H2,25,30,31). The van der Waals surface area contributed by atoms with Crippen LogP contribution in [0.3, 0.4) is 0 Å². The highest BCUT2D eigenvalue weighted by Gasteiger charge is 2.30. The van der Waals surface area contributed by atoms with Gasteiger partial charge in [-0.25, -0.2) is 31.9 Å². The minimum atomic E-state index is -3.90. The summed E-state index contributed by atoms with van der Waals surface area (Å²) in [6.45, 7) is 1.42. The molecule has 0 aliphatic carbocycles. The first kappa shape index (κ1) is 23.4. The summed E-state index contributed by atoms with van der Waals surface area (Å²) in [6, 6.07) is 22.5. The van der Waals surface area contributed by atoms with E-state index in [1.807, 2.05) is 54.6 Å². The summed E-state index contributed by atoms with van der Waals surface area (Å²) in [6.07, 6.45) is 0. The largest absolute Gasteiger partial charge is 0.353 e. The van der Waals surface area contributed by atoms with Crippen LogP contribution in [0.1, 0.15) is 0 Å². The van der Waals surface area contributed by atoms with Crippen LogP contribution in [0, 0.1) is 0 Å². The summed E-state index contributed by atoms with van der Waals surface area (Å²) < 4.78 is 50.6. The number of hydrogen-bond donors (Lipinski definition) is 1. The highest BCUT2D eigenvalue weighted by atomic mass is 32.2. The van der Waals surface area contributed by atoms with E-state index < -0.39 is 20.0 Å². The second-order valence-corrected chi connectivity index (χ2v) is 11.7. The molecule has 3 aromatic carbocycles. The summed E-state index contributed by atoms with van der Waals surface area (Å²) >= 11 is 0. The predicted molar refractivity (Wildman–Crippen MR) is 134 cm³/mol. The molecule has 1 aromatic heterocycles. The fourth-order valence-electron chi connectivity index (χ4n) is 4.11. The van der Waals surface area contributed by atoms with E-state index >= 15 is 0 Å². The van der Waals surface area contributed by atoms with Gasteiger partial charge in [0.25, 0.3) is 0 Å². The van der Waals surface area contributed by atoms with Crippen LogP contribution >= 0.6 is 0 Å².